The Morgan fingerprint density at radius 2 is 2.12 bits per heavy atom. The van der Waals surface area contributed by atoms with Crippen LogP contribution in [0.1, 0.15) is 32.3 Å². The average molecular weight is 237 g/mol. The molecular formula is C14H20FNO. The first-order valence-electron chi connectivity index (χ1n) is 6.04. The summed E-state index contributed by atoms with van der Waals surface area (Å²) in [5.74, 6) is -0.180. The first kappa shape index (κ1) is 12.5. The first-order chi connectivity index (χ1) is 7.91. The lowest BCUT2D eigenvalue weighted by Crippen LogP contribution is -2.48. The van der Waals surface area contributed by atoms with Crippen molar-refractivity contribution in [2.75, 3.05) is 13.2 Å². The molecule has 1 aromatic rings. The second kappa shape index (κ2) is 4.39. The molecule has 1 saturated heterocycles. The van der Waals surface area contributed by atoms with Gasteiger partial charge in [0.2, 0.25) is 0 Å². The lowest BCUT2D eigenvalue weighted by molar-refractivity contribution is -0.0670. The minimum absolute atomic E-state index is 0.0290. The lowest BCUT2D eigenvalue weighted by Gasteiger charge is -2.43. The van der Waals surface area contributed by atoms with E-state index in [2.05, 4.69) is 0 Å². The van der Waals surface area contributed by atoms with Gasteiger partial charge in [-0.05, 0) is 44.4 Å². The summed E-state index contributed by atoms with van der Waals surface area (Å²) in [6.45, 7) is 5.39. The Morgan fingerprint density at radius 3 is 2.59 bits per heavy atom. The third-order valence-electron chi connectivity index (χ3n) is 3.44. The van der Waals surface area contributed by atoms with Crippen molar-refractivity contribution in [2.45, 2.75) is 37.6 Å². The fraction of sp³-hybridized carbons (Fsp3) is 0.571. The van der Waals surface area contributed by atoms with Gasteiger partial charge in [-0.2, -0.15) is 0 Å². The highest BCUT2D eigenvalue weighted by Gasteiger charge is 2.40. The Bertz CT molecular complexity index is 393. The molecule has 1 aromatic carbocycles. The SMILES string of the molecule is CC(C)(N)CCC1(c2cccc(F)c2)COC1. The fourth-order valence-electron chi connectivity index (χ4n) is 2.18. The number of hydrogen-bond acceptors (Lipinski definition) is 2. The molecule has 1 fully saturated rings. The zero-order valence-corrected chi connectivity index (χ0v) is 10.5. The van der Waals surface area contributed by atoms with E-state index in [1.165, 1.54) is 6.07 Å². The molecule has 2 nitrogen and oxygen atoms in total. The average Bonchev–Trinajstić information content (AvgIpc) is 2.14. The second-order valence-electron chi connectivity index (χ2n) is 5.77. The van der Waals surface area contributed by atoms with Crippen molar-refractivity contribution in [3.8, 4) is 0 Å². The number of nitrogens with two attached hydrogens (primary N) is 1. The standard InChI is InChI=1S/C14H20FNO/c1-13(2,16)6-7-14(9-17-10-14)11-4-3-5-12(15)8-11/h3-5,8H,6-7,9-10,16H2,1-2H3. The largest absolute Gasteiger partial charge is 0.379 e. The maximum atomic E-state index is 13.3. The van der Waals surface area contributed by atoms with Gasteiger partial charge in [-0.25, -0.2) is 4.39 Å². The van der Waals surface area contributed by atoms with Crippen molar-refractivity contribution < 1.29 is 9.13 Å². The van der Waals surface area contributed by atoms with E-state index in [0.717, 1.165) is 18.4 Å². The van der Waals surface area contributed by atoms with Crippen LogP contribution in [0.5, 0.6) is 0 Å². The van der Waals surface area contributed by atoms with Gasteiger partial charge in [0.1, 0.15) is 5.82 Å². The normalized spacial score (nSPS) is 18.8. The highest BCUT2D eigenvalue weighted by Crippen LogP contribution is 2.38. The summed E-state index contributed by atoms with van der Waals surface area (Å²) in [6, 6.07) is 6.84. The van der Waals surface area contributed by atoms with Gasteiger partial charge in [0.25, 0.3) is 0 Å². The minimum Gasteiger partial charge on any atom is -0.379 e. The molecule has 17 heavy (non-hydrogen) atoms. The summed E-state index contributed by atoms with van der Waals surface area (Å²) in [5, 5.41) is 0. The topological polar surface area (TPSA) is 35.2 Å². The molecule has 0 bridgehead atoms. The Kier molecular flexibility index (Phi) is 3.23. The number of rotatable bonds is 4. The zero-order chi connectivity index (χ0) is 12.5. The maximum Gasteiger partial charge on any atom is 0.123 e. The van der Waals surface area contributed by atoms with Crippen LogP contribution in [0, 0.1) is 5.82 Å². The van der Waals surface area contributed by atoms with Crippen LogP contribution in [0.25, 0.3) is 0 Å². The van der Waals surface area contributed by atoms with Crippen LogP contribution in [0.2, 0.25) is 0 Å². The molecular weight excluding hydrogens is 217 g/mol. The van der Waals surface area contributed by atoms with E-state index in [9.17, 15) is 4.39 Å². The van der Waals surface area contributed by atoms with Crippen LogP contribution in [0.4, 0.5) is 4.39 Å². The quantitative estimate of drug-likeness (QED) is 0.873. The number of hydrogen-bond donors (Lipinski definition) is 1. The Hall–Kier alpha value is -0.930. The van der Waals surface area contributed by atoms with Crippen LogP contribution in [0.15, 0.2) is 24.3 Å². The smallest absolute Gasteiger partial charge is 0.123 e. The monoisotopic (exact) mass is 237 g/mol. The third kappa shape index (κ3) is 2.85. The molecule has 1 heterocycles. The summed E-state index contributed by atoms with van der Waals surface area (Å²) in [5.41, 5.74) is 6.84. The van der Waals surface area contributed by atoms with Crippen molar-refractivity contribution in [1.29, 1.82) is 0 Å². The minimum atomic E-state index is -0.185. The molecule has 1 aliphatic rings. The van der Waals surface area contributed by atoms with E-state index < -0.39 is 0 Å². The van der Waals surface area contributed by atoms with Gasteiger partial charge in [-0.1, -0.05) is 12.1 Å². The highest BCUT2D eigenvalue weighted by atomic mass is 19.1. The van der Waals surface area contributed by atoms with Crippen molar-refractivity contribution in [2.24, 2.45) is 5.73 Å². The number of halogens is 1. The summed E-state index contributed by atoms with van der Waals surface area (Å²) >= 11 is 0. The van der Waals surface area contributed by atoms with E-state index in [1.807, 2.05) is 19.9 Å². The molecule has 2 rings (SSSR count). The maximum absolute atomic E-state index is 13.3. The lowest BCUT2D eigenvalue weighted by atomic mass is 9.73. The molecule has 94 valence electrons. The number of ether oxygens (including phenoxy) is 1. The molecule has 2 N–H and O–H groups in total. The fourth-order valence-corrected chi connectivity index (χ4v) is 2.18. The van der Waals surface area contributed by atoms with Gasteiger partial charge < -0.3 is 10.5 Å². The predicted octanol–water partition coefficient (Wildman–Crippen LogP) is 2.61. The molecule has 3 heteroatoms. The Morgan fingerprint density at radius 1 is 1.41 bits per heavy atom. The van der Waals surface area contributed by atoms with Gasteiger partial charge in [-0.3, -0.25) is 0 Å². The summed E-state index contributed by atoms with van der Waals surface area (Å²) in [4.78, 5) is 0. The molecule has 0 unspecified atom stereocenters. The third-order valence-corrected chi connectivity index (χ3v) is 3.44. The van der Waals surface area contributed by atoms with Crippen molar-refractivity contribution in [3.63, 3.8) is 0 Å². The zero-order valence-electron chi connectivity index (χ0n) is 10.5. The van der Waals surface area contributed by atoms with Crippen LogP contribution >= 0.6 is 0 Å². The highest BCUT2D eigenvalue weighted by molar-refractivity contribution is 5.28. The van der Waals surface area contributed by atoms with Gasteiger partial charge in [0.15, 0.2) is 0 Å². The Balaban J connectivity index is 2.14. The van der Waals surface area contributed by atoms with Crippen LogP contribution in [-0.2, 0) is 10.2 Å². The second-order valence-corrected chi connectivity index (χ2v) is 5.77. The molecule has 1 aliphatic heterocycles. The van der Waals surface area contributed by atoms with Crippen molar-refractivity contribution in [1.82, 2.24) is 0 Å². The molecule has 0 aromatic heterocycles. The van der Waals surface area contributed by atoms with E-state index in [0.29, 0.717) is 13.2 Å². The van der Waals surface area contributed by atoms with Crippen LogP contribution in [-0.4, -0.2) is 18.8 Å². The molecule has 0 aliphatic carbocycles. The van der Waals surface area contributed by atoms with E-state index in [4.69, 9.17) is 10.5 Å². The molecule has 0 atom stereocenters. The summed E-state index contributed by atoms with van der Waals surface area (Å²) in [6.07, 6.45) is 1.85. The van der Waals surface area contributed by atoms with Crippen molar-refractivity contribution in [3.05, 3.63) is 35.6 Å². The molecule has 0 radical (unpaired) electrons. The summed E-state index contributed by atoms with van der Waals surface area (Å²) < 4.78 is 18.6. The molecule has 0 spiro atoms. The number of benzene rings is 1. The van der Waals surface area contributed by atoms with E-state index in [-0.39, 0.29) is 16.8 Å². The van der Waals surface area contributed by atoms with Gasteiger partial charge in [0.05, 0.1) is 13.2 Å². The van der Waals surface area contributed by atoms with E-state index in [1.54, 1.807) is 12.1 Å². The summed E-state index contributed by atoms with van der Waals surface area (Å²) in [7, 11) is 0. The Labute approximate surface area is 102 Å². The van der Waals surface area contributed by atoms with Crippen LogP contribution < -0.4 is 5.73 Å². The van der Waals surface area contributed by atoms with Gasteiger partial charge in [-0.15, -0.1) is 0 Å². The van der Waals surface area contributed by atoms with E-state index >= 15 is 0 Å². The van der Waals surface area contributed by atoms with Gasteiger partial charge in [0, 0.05) is 11.0 Å². The van der Waals surface area contributed by atoms with Crippen molar-refractivity contribution >= 4 is 0 Å². The first-order valence-corrected chi connectivity index (χ1v) is 6.04. The predicted molar refractivity (Wildman–Crippen MR) is 66.4 cm³/mol. The van der Waals surface area contributed by atoms with Gasteiger partial charge >= 0.3 is 0 Å². The molecule has 0 amide bonds. The van der Waals surface area contributed by atoms with Crippen LogP contribution in [0.3, 0.4) is 0 Å². The molecule has 0 saturated carbocycles.